The van der Waals surface area contributed by atoms with E-state index in [1.54, 1.807) is 6.07 Å². The number of carbonyl (C=O) groups excluding carboxylic acids is 1. The molecule has 1 heterocycles. The molecule has 2 amide bonds. The molecule has 0 aromatic heterocycles. The molecule has 0 unspecified atom stereocenters. The topological polar surface area (TPSA) is 69.6 Å². The van der Waals surface area contributed by atoms with E-state index in [9.17, 15) is 9.59 Å². The van der Waals surface area contributed by atoms with E-state index in [-0.39, 0.29) is 6.03 Å². The largest absolute Gasteiger partial charge is 0.480 e. The van der Waals surface area contributed by atoms with Crippen LogP contribution in [0, 0.1) is 6.92 Å². The lowest BCUT2D eigenvalue weighted by Gasteiger charge is -2.22. The predicted molar refractivity (Wildman–Crippen MR) is 75.3 cm³/mol. The van der Waals surface area contributed by atoms with E-state index in [2.05, 4.69) is 21.2 Å². The highest BCUT2D eigenvalue weighted by Crippen LogP contribution is 2.25. The number of rotatable bonds is 2. The first-order valence-corrected chi connectivity index (χ1v) is 6.85. The van der Waals surface area contributed by atoms with Crippen LogP contribution in [0.25, 0.3) is 0 Å². The first-order chi connectivity index (χ1) is 8.99. The molecule has 102 valence electrons. The van der Waals surface area contributed by atoms with Gasteiger partial charge in [-0.2, -0.15) is 0 Å². The monoisotopic (exact) mass is 326 g/mol. The summed E-state index contributed by atoms with van der Waals surface area (Å²) >= 11 is 3.38. The van der Waals surface area contributed by atoms with E-state index < -0.39 is 12.0 Å². The van der Waals surface area contributed by atoms with E-state index in [0.717, 1.165) is 16.5 Å². The molecule has 1 saturated heterocycles. The lowest BCUT2D eigenvalue weighted by molar-refractivity contribution is -0.141. The Hall–Kier alpha value is -1.56. The van der Waals surface area contributed by atoms with Gasteiger partial charge in [0.15, 0.2) is 0 Å². The summed E-state index contributed by atoms with van der Waals surface area (Å²) in [5.41, 5.74) is 1.72. The van der Waals surface area contributed by atoms with Crippen molar-refractivity contribution >= 4 is 33.6 Å². The van der Waals surface area contributed by atoms with Crippen LogP contribution >= 0.6 is 15.9 Å². The molecule has 0 radical (unpaired) electrons. The number of aliphatic carboxylic acids is 1. The number of amides is 2. The second-order valence-corrected chi connectivity index (χ2v) is 5.46. The quantitative estimate of drug-likeness (QED) is 0.877. The summed E-state index contributed by atoms with van der Waals surface area (Å²) in [7, 11) is 0. The summed E-state index contributed by atoms with van der Waals surface area (Å²) < 4.78 is 0.784. The molecule has 0 saturated carbocycles. The maximum atomic E-state index is 12.1. The van der Waals surface area contributed by atoms with Gasteiger partial charge in [0.05, 0.1) is 5.69 Å². The summed E-state index contributed by atoms with van der Waals surface area (Å²) in [6.45, 7) is 2.43. The minimum Gasteiger partial charge on any atom is -0.480 e. The van der Waals surface area contributed by atoms with Crippen molar-refractivity contribution in [2.45, 2.75) is 25.8 Å². The van der Waals surface area contributed by atoms with Crippen molar-refractivity contribution in [2.24, 2.45) is 0 Å². The van der Waals surface area contributed by atoms with Crippen molar-refractivity contribution < 1.29 is 14.7 Å². The second kappa shape index (κ2) is 5.61. The average Bonchev–Trinajstić information content (AvgIpc) is 2.82. The van der Waals surface area contributed by atoms with Crippen molar-refractivity contribution in [3.63, 3.8) is 0 Å². The number of halogens is 1. The Bertz CT molecular complexity index is 519. The van der Waals surface area contributed by atoms with Crippen LogP contribution in [-0.2, 0) is 4.79 Å². The van der Waals surface area contributed by atoms with Gasteiger partial charge < -0.3 is 15.3 Å². The zero-order chi connectivity index (χ0) is 14.0. The summed E-state index contributed by atoms with van der Waals surface area (Å²) in [6.07, 6.45) is 1.23. The summed E-state index contributed by atoms with van der Waals surface area (Å²) in [6, 6.07) is 4.50. The zero-order valence-electron chi connectivity index (χ0n) is 10.5. The van der Waals surface area contributed by atoms with Gasteiger partial charge in [0.25, 0.3) is 0 Å². The number of carbonyl (C=O) groups is 2. The Labute approximate surface area is 119 Å². The number of anilines is 1. The van der Waals surface area contributed by atoms with Gasteiger partial charge in [-0.25, -0.2) is 9.59 Å². The van der Waals surface area contributed by atoms with E-state index in [4.69, 9.17) is 5.11 Å². The van der Waals surface area contributed by atoms with Gasteiger partial charge >= 0.3 is 12.0 Å². The van der Waals surface area contributed by atoms with Crippen LogP contribution in [0.2, 0.25) is 0 Å². The molecule has 1 atom stereocenters. The van der Waals surface area contributed by atoms with Crippen molar-refractivity contribution in [1.29, 1.82) is 0 Å². The highest BCUT2D eigenvalue weighted by Gasteiger charge is 2.34. The number of aryl methyl sites for hydroxylation is 1. The molecule has 1 fully saturated rings. The first-order valence-electron chi connectivity index (χ1n) is 6.05. The number of benzene rings is 1. The zero-order valence-corrected chi connectivity index (χ0v) is 12.1. The third-order valence-electron chi connectivity index (χ3n) is 3.16. The maximum Gasteiger partial charge on any atom is 0.326 e. The number of urea groups is 1. The minimum absolute atomic E-state index is 0.366. The van der Waals surface area contributed by atoms with Crippen molar-refractivity contribution in [1.82, 2.24) is 4.90 Å². The van der Waals surface area contributed by atoms with Gasteiger partial charge in [0, 0.05) is 11.0 Å². The summed E-state index contributed by atoms with van der Waals surface area (Å²) in [5.74, 6) is -0.948. The molecule has 1 aromatic rings. The van der Waals surface area contributed by atoms with Crippen molar-refractivity contribution in [3.8, 4) is 0 Å². The molecule has 1 aliphatic rings. The molecule has 5 nitrogen and oxygen atoms in total. The minimum atomic E-state index is -0.948. The van der Waals surface area contributed by atoms with Crippen LogP contribution < -0.4 is 5.32 Å². The van der Waals surface area contributed by atoms with Gasteiger partial charge in [-0.1, -0.05) is 6.07 Å². The molecule has 2 rings (SSSR count). The number of hydrogen-bond donors (Lipinski definition) is 2. The number of likely N-dealkylation sites (tertiary alicyclic amines) is 1. The van der Waals surface area contributed by atoms with E-state index >= 15 is 0 Å². The Balaban J connectivity index is 2.10. The molecular weight excluding hydrogens is 312 g/mol. The highest BCUT2D eigenvalue weighted by molar-refractivity contribution is 9.10. The molecule has 0 spiro atoms. The number of nitrogens with one attached hydrogen (secondary N) is 1. The molecule has 2 N–H and O–H groups in total. The fourth-order valence-corrected chi connectivity index (χ4v) is 2.77. The molecule has 1 aliphatic heterocycles. The third kappa shape index (κ3) is 3.07. The Morgan fingerprint density at radius 3 is 2.84 bits per heavy atom. The Morgan fingerprint density at radius 2 is 2.21 bits per heavy atom. The van der Waals surface area contributed by atoms with Gasteiger partial charge in [-0.05, 0) is 53.4 Å². The van der Waals surface area contributed by atoms with E-state index in [1.807, 2.05) is 19.1 Å². The van der Waals surface area contributed by atoms with Gasteiger partial charge in [-0.3, -0.25) is 0 Å². The van der Waals surface area contributed by atoms with Crippen LogP contribution in [0.3, 0.4) is 0 Å². The fraction of sp³-hybridized carbons (Fsp3) is 0.385. The molecule has 6 heteroatoms. The standard InChI is InChI=1S/C13H15BrN2O3/c1-8-4-5-10(9(14)7-8)15-13(19)16-6-2-3-11(16)12(17)18/h4-5,7,11H,2-3,6H2,1H3,(H,15,19)(H,17,18)/t11-/m1/s1. The fourth-order valence-electron chi connectivity index (χ4n) is 2.18. The van der Waals surface area contributed by atoms with Crippen molar-refractivity contribution in [2.75, 3.05) is 11.9 Å². The normalized spacial score (nSPS) is 18.4. The van der Waals surface area contributed by atoms with Crippen LogP contribution in [0.15, 0.2) is 22.7 Å². The molecular formula is C13H15BrN2O3. The van der Waals surface area contributed by atoms with Gasteiger partial charge in [-0.15, -0.1) is 0 Å². The predicted octanol–water partition coefficient (Wildman–Crippen LogP) is 2.84. The maximum absolute atomic E-state index is 12.1. The molecule has 1 aromatic carbocycles. The van der Waals surface area contributed by atoms with Crippen LogP contribution in [-0.4, -0.2) is 34.6 Å². The SMILES string of the molecule is Cc1ccc(NC(=O)N2CCC[C@@H]2C(=O)O)c(Br)c1. The lowest BCUT2D eigenvalue weighted by atomic mass is 10.2. The summed E-state index contributed by atoms with van der Waals surface area (Å²) in [5, 5.41) is 11.8. The number of hydrogen-bond acceptors (Lipinski definition) is 2. The summed E-state index contributed by atoms with van der Waals surface area (Å²) in [4.78, 5) is 24.5. The number of carboxylic acids is 1. The first kappa shape index (κ1) is 13.9. The molecule has 0 aliphatic carbocycles. The lowest BCUT2D eigenvalue weighted by Crippen LogP contribution is -2.42. The van der Waals surface area contributed by atoms with Gasteiger partial charge in [0.1, 0.15) is 6.04 Å². The average molecular weight is 327 g/mol. The second-order valence-electron chi connectivity index (χ2n) is 4.60. The van der Waals surface area contributed by atoms with E-state index in [0.29, 0.717) is 18.7 Å². The highest BCUT2D eigenvalue weighted by atomic mass is 79.9. The van der Waals surface area contributed by atoms with E-state index in [1.165, 1.54) is 4.90 Å². The smallest absolute Gasteiger partial charge is 0.326 e. The Morgan fingerprint density at radius 1 is 1.47 bits per heavy atom. The van der Waals surface area contributed by atoms with Crippen molar-refractivity contribution in [3.05, 3.63) is 28.2 Å². The number of carboxylic acid groups (broad SMARTS) is 1. The molecule has 0 bridgehead atoms. The van der Waals surface area contributed by atoms with Crippen LogP contribution in [0.1, 0.15) is 18.4 Å². The number of nitrogens with zero attached hydrogens (tertiary/aromatic N) is 1. The van der Waals surface area contributed by atoms with Crippen LogP contribution in [0.5, 0.6) is 0 Å². The Kier molecular flexibility index (Phi) is 4.09. The third-order valence-corrected chi connectivity index (χ3v) is 3.82. The molecule has 19 heavy (non-hydrogen) atoms. The van der Waals surface area contributed by atoms with Crippen LogP contribution in [0.4, 0.5) is 10.5 Å². The van der Waals surface area contributed by atoms with Gasteiger partial charge in [0.2, 0.25) is 0 Å².